The third kappa shape index (κ3) is 3.37. The van der Waals surface area contributed by atoms with Gasteiger partial charge in [-0.15, -0.1) is 6.58 Å². The van der Waals surface area contributed by atoms with Crippen LogP contribution in [0.4, 0.5) is 0 Å². The SMILES string of the molecule is C=C[C@H]1CN(S(=O)(=O)c2ccc(C)cc2)CC2(CCCCC2)O1. The van der Waals surface area contributed by atoms with Crippen LogP contribution >= 0.6 is 0 Å². The van der Waals surface area contributed by atoms with Gasteiger partial charge >= 0.3 is 0 Å². The molecule has 2 aliphatic rings. The third-order valence-corrected chi connectivity index (χ3v) is 6.76. The van der Waals surface area contributed by atoms with Crippen LogP contribution in [0.25, 0.3) is 0 Å². The van der Waals surface area contributed by atoms with Crippen molar-refractivity contribution in [2.24, 2.45) is 0 Å². The molecule has 1 aliphatic carbocycles. The van der Waals surface area contributed by atoms with E-state index in [9.17, 15) is 8.42 Å². The van der Waals surface area contributed by atoms with Crippen molar-refractivity contribution < 1.29 is 13.2 Å². The van der Waals surface area contributed by atoms with Gasteiger partial charge < -0.3 is 4.74 Å². The molecule has 5 heteroatoms. The molecule has 1 aromatic carbocycles. The van der Waals surface area contributed by atoms with Gasteiger partial charge in [0, 0.05) is 13.1 Å². The van der Waals surface area contributed by atoms with E-state index in [0.717, 1.165) is 31.2 Å². The Balaban J connectivity index is 1.90. The van der Waals surface area contributed by atoms with Crippen molar-refractivity contribution in [3.63, 3.8) is 0 Å². The zero-order valence-corrected chi connectivity index (χ0v) is 14.5. The second-order valence-corrected chi connectivity index (χ2v) is 8.68. The highest BCUT2D eigenvalue weighted by Gasteiger charge is 2.44. The maximum atomic E-state index is 13.0. The lowest BCUT2D eigenvalue weighted by Gasteiger charge is -2.47. The summed E-state index contributed by atoms with van der Waals surface area (Å²) in [5.74, 6) is 0. The largest absolute Gasteiger partial charge is 0.365 e. The van der Waals surface area contributed by atoms with Crippen LogP contribution in [0.15, 0.2) is 41.8 Å². The Morgan fingerprint density at radius 2 is 1.87 bits per heavy atom. The summed E-state index contributed by atoms with van der Waals surface area (Å²) in [7, 11) is -3.49. The molecule has 1 saturated heterocycles. The van der Waals surface area contributed by atoms with Gasteiger partial charge in [0.15, 0.2) is 0 Å². The average molecular weight is 335 g/mol. The van der Waals surface area contributed by atoms with Crippen molar-refractivity contribution >= 4 is 10.0 Å². The van der Waals surface area contributed by atoms with Gasteiger partial charge in [-0.2, -0.15) is 4.31 Å². The third-order valence-electron chi connectivity index (χ3n) is 4.94. The first-order valence-electron chi connectivity index (χ1n) is 8.32. The molecule has 1 aliphatic heterocycles. The summed E-state index contributed by atoms with van der Waals surface area (Å²) in [5.41, 5.74) is 0.714. The van der Waals surface area contributed by atoms with Crippen LogP contribution in [0, 0.1) is 6.92 Å². The van der Waals surface area contributed by atoms with Crippen molar-refractivity contribution in [1.29, 1.82) is 0 Å². The van der Waals surface area contributed by atoms with Crippen molar-refractivity contribution in [1.82, 2.24) is 4.31 Å². The molecule has 23 heavy (non-hydrogen) atoms. The van der Waals surface area contributed by atoms with Crippen LogP contribution in [0.1, 0.15) is 37.7 Å². The highest BCUT2D eigenvalue weighted by Crippen LogP contribution is 2.38. The molecule has 0 N–H and O–H groups in total. The van der Waals surface area contributed by atoms with E-state index in [1.807, 2.05) is 19.1 Å². The Morgan fingerprint density at radius 1 is 1.22 bits per heavy atom. The van der Waals surface area contributed by atoms with Gasteiger partial charge in [-0.05, 0) is 31.9 Å². The van der Waals surface area contributed by atoms with Gasteiger partial charge in [0.05, 0.1) is 16.6 Å². The zero-order valence-electron chi connectivity index (χ0n) is 13.7. The molecule has 3 rings (SSSR count). The minimum atomic E-state index is -3.49. The number of aryl methyl sites for hydroxylation is 1. The van der Waals surface area contributed by atoms with Crippen LogP contribution < -0.4 is 0 Å². The molecule has 4 nitrogen and oxygen atoms in total. The number of sulfonamides is 1. The lowest BCUT2D eigenvalue weighted by atomic mass is 9.83. The van der Waals surface area contributed by atoms with Crippen LogP contribution in [0.3, 0.4) is 0 Å². The molecule has 0 bridgehead atoms. The summed E-state index contributed by atoms with van der Waals surface area (Å²) in [6, 6.07) is 7.07. The molecular weight excluding hydrogens is 310 g/mol. The number of ether oxygens (including phenoxy) is 1. The van der Waals surface area contributed by atoms with E-state index in [1.165, 1.54) is 6.42 Å². The van der Waals surface area contributed by atoms with E-state index in [-0.39, 0.29) is 11.7 Å². The first kappa shape index (κ1) is 16.7. The fourth-order valence-corrected chi connectivity index (χ4v) is 5.15. The second-order valence-electron chi connectivity index (χ2n) is 6.75. The number of rotatable bonds is 3. The van der Waals surface area contributed by atoms with E-state index >= 15 is 0 Å². The lowest BCUT2D eigenvalue weighted by molar-refractivity contribution is -0.137. The molecule has 0 amide bonds. The number of nitrogens with zero attached hydrogens (tertiary/aromatic N) is 1. The van der Waals surface area contributed by atoms with Crippen LogP contribution in [0.2, 0.25) is 0 Å². The first-order valence-corrected chi connectivity index (χ1v) is 9.76. The fraction of sp³-hybridized carbons (Fsp3) is 0.556. The number of benzene rings is 1. The van der Waals surface area contributed by atoms with Gasteiger partial charge in [0.2, 0.25) is 10.0 Å². The summed E-state index contributed by atoms with van der Waals surface area (Å²) in [6.07, 6.45) is 6.75. The highest BCUT2D eigenvalue weighted by molar-refractivity contribution is 7.89. The molecule has 1 atom stereocenters. The Hall–Kier alpha value is -1.17. The summed E-state index contributed by atoms with van der Waals surface area (Å²) in [5, 5.41) is 0. The van der Waals surface area contributed by atoms with Gasteiger partial charge in [-0.3, -0.25) is 0 Å². The fourth-order valence-electron chi connectivity index (χ4n) is 3.62. The second kappa shape index (κ2) is 6.38. The number of hydrogen-bond donors (Lipinski definition) is 0. The van der Waals surface area contributed by atoms with Crippen LogP contribution in [0.5, 0.6) is 0 Å². The molecule has 1 heterocycles. The summed E-state index contributed by atoms with van der Waals surface area (Å²) in [4.78, 5) is 0.360. The minimum Gasteiger partial charge on any atom is -0.365 e. The lowest BCUT2D eigenvalue weighted by Crippen LogP contribution is -2.57. The predicted octanol–water partition coefficient (Wildman–Crippen LogP) is 3.27. The Morgan fingerprint density at radius 3 is 2.48 bits per heavy atom. The van der Waals surface area contributed by atoms with Crippen molar-refractivity contribution in [3.05, 3.63) is 42.5 Å². The normalized spacial score (nSPS) is 25.3. The molecule has 1 saturated carbocycles. The van der Waals surface area contributed by atoms with Crippen molar-refractivity contribution in [2.75, 3.05) is 13.1 Å². The summed E-state index contributed by atoms with van der Waals surface area (Å²) in [6.45, 7) is 6.57. The number of morpholine rings is 1. The smallest absolute Gasteiger partial charge is 0.243 e. The van der Waals surface area contributed by atoms with E-state index in [1.54, 1.807) is 22.5 Å². The Bertz CT molecular complexity index is 660. The maximum Gasteiger partial charge on any atom is 0.243 e. The van der Waals surface area contributed by atoms with E-state index in [0.29, 0.717) is 18.0 Å². The van der Waals surface area contributed by atoms with Crippen LogP contribution in [-0.2, 0) is 14.8 Å². The molecule has 0 radical (unpaired) electrons. The topological polar surface area (TPSA) is 46.6 Å². The predicted molar refractivity (Wildman–Crippen MR) is 90.8 cm³/mol. The molecular formula is C18H25NO3S. The quantitative estimate of drug-likeness (QED) is 0.797. The van der Waals surface area contributed by atoms with Crippen LogP contribution in [-0.4, -0.2) is 37.5 Å². The van der Waals surface area contributed by atoms with E-state index in [4.69, 9.17) is 4.74 Å². The molecule has 0 aromatic heterocycles. The molecule has 2 fully saturated rings. The Kier molecular flexibility index (Phi) is 4.63. The number of hydrogen-bond acceptors (Lipinski definition) is 3. The van der Waals surface area contributed by atoms with E-state index in [2.05, 4.69) is 6.58 Å². The first-order chi connectivity index (χ1) is 11.0. The van der Waals surface area contributed by atoms with Gasteiger partial charge in [0.25, 0.3) is 0 Å². The molecule has 126 valence electrons. The highest BCUT2D eigenvalue weighted by atomic mass is 32.2. The minimum absolute atomic E-state index is 0.234. The molecule has 1 spiro atoms. The molecule has 1 aromatic rings. The maximum absolute atomic E-state index is 13.0. The van der Waals surface area contributed by atoms with Crippen molar-refractivity contribution in [2.45, 2.75) is 55.6 Å². The van der Waals surface area contributed by atoms with Crippen molar-refractivity contribution in [3.8, 4) is 0 Å². The average Bonchev–Trinajstić information content (AvgIpc) is 2.55. The standard InChI is InChI=1S/C18H25NO3S/c1-3-16-13-19(14-18(22-16)11-5-4-6-12-18)23(20,21)17-9-7-15(2)8-10-17/h3,7-10,16H,1,4-6,11-14H2,2H3/t16-/m0/s1. The summed E-state index contributed by atoms with van der Waals surface area (Å²) < 4.78 is 33.9. The summed E-state index contributed by atoms with van der Waals surface area (Å²) >= 11 is 0. The monoisotopic (exact) mass is 335 g/mol. The zero-order chi connectivity index (χ0) is 16.5. The van der Waals surface area contributed by atoms with Gasteiger partial charge in [0.1, 0.15) is 0 Å². The van der Waals surface area contributed by atoms with Gasteiger partial charge in [-0.25, -0.2) is 8.42 Å². The molecule has 0 unspecified atom stereocenters. The van der Waals surface area contributed by atoms with Gasteiger partial charge in [-0.1, -0.05) is 43.0 Å². The van der Waals surface area contributed by atoms with E-state index < -0.39 is 10.0 Å². The Labute approximate surface area is 139 Å².